The number of hydrogen-bond donors (Lipinski definition) is 1. The Morgan fingerprint density at radius 3 is 2.16 bits per heavy atom. The average Bonchev–Trinajstić information content (AvgIpc) is 2.91. The predicted molar refractivity (Wildman–Crippen MR) is 83.2 cm³/mol. The van der Waals surface area contributed by atoms with E-state index in [0.29, 0.717) is 6.04 Å². The van der Waals surface area contributed by atoms with Crippen molar-refractivity contribution in [2.24, 2.45) is 11.8 Å². The fraction of sp³-hybridized carbons (Fsp3) is 0.667. The molecule has 0 unspecified atom stereocenters. The van der Waals surface area contributed by atoms with Crippen LogP contribution in [-0.2, 0) is 13.0 Å². The fourth-order valence-electron chi connectivity index (χ4n) is 3.17. The summed E-state index contributed by atoms with van der Waals surface area (Å²) in [5.74, 6) is 1.64. The van der Waals surface area contributed by atoms with E-state index in [2.05, 4.69) is 50.4 Å². The van der Waals surface area contributed by atoms with Crippen LogP contribution >= 0.6 is 0 Å². The lowest BCUT2D eigenvalue weighted by atomic mass is 9.99. The summed E-state index contributed by atoms with van der Waals surface area (Å²) in [6, 6.07) is 9.81. The normalized spacial score (nSPS) is 18.1. The Balaban J connectivity index is 1.79. The topological polar surface area (TPSA) is 12.0 Å². The van der Waals surface area contributed by atoms with Crippen LogP contribution < -0.4 is 5.32 Å². The molecule has 2 rings (SSSR count). The minimum Gasteiger partial charge on any atom is -0.310 e. The summed E-state index contributed by atoms with van der Waals surface area (Å²) in [4.78, 5) is 0. The first-order valence-electron chi connectivity index (χ1n) is 7.96. The van der Waals surface area contributed by atoms with Crippen LogP contribution in [0.1, 0.15) is 57.6 Å². The molecule has 1 fully saturated rings. The van der Waals surface area contributed by atoms with Gasteiger partial charge in [0.25, 0.3) is 0 Å². The second kappa shape index (κ2) is 7.09. The SMILES string of the molecule is CC(C)Cc1ccc(CN[C@@H](C)C2CCCC2)cc1. The van der Waals surface area contributed by atoms with E-state index in [-0.39, 0.29) is 0 Å². The van der Waals surface area contributed by atoms with E-state index in [1.165, 1.54) is 43.2 Å². The third kappa shape index (κ3) is 4.65. The molecule has 1 aliphatic carbocycles. The molecule has 106 valence electrons. The first-order chi connectivity index (χ1) is 9.15. The van der Waals surface area contributed by atoms with Gasteiger partial charge < -0.3 is 5.32 Å². The first kappa shape index (κ1) is 14.6. The van der Waals surface area contributed by atoms with Gasteiger partial charge in [0.05, 0.1) is 0 Å². The molecule has 0 heterocycles. The zero-order valence-corrected chi connectivity index (χ0v) is 12.8. The van der Waals surface area contributed by atoms with E-state index >= 15 is 0 Å². The summed E-state index contributed by atoms with van der Waals surface area (Å²) >= 11 is 0. The van der Waals surface area contributed by atoms with Gasteiger partial charge in [-0.1, -0.05) is 51.0 Å². The fourth-order valence-corrected chi connectivity index (χ4v) is 3.17. The summed E-state index contributed by atoms with van der Waals surface area (Å²) in [5.41, 5.74) is 2.87. The summed E-state index contributed by atoms with van der Waals surface area (Å²) in [7, 11) is 0. The second-order valence-corrected chi connectivity index (χ2v) is 6.63. The van der Waals surface area contributed by atoms with Gasteiger partial charge in [-0.3, -0.25) is 0 Å². The maximum atomic E-state index is 3.70. The van der Waals surface area contributed by atoms with Crippen molar-refractivity contribution in [2.75, 3.05) is 0 Å². The van der Waals surface area contributed by atoms with E-state index in [1.807, 2.05) is 0 Å². The maximum Gasteiger partial charge on any atom is 0.0208 e. The second-order valence-electron chi connectivity index (χ2n) is 6.63. The molecule has 0 amide bonds. The molecule has 0 aromatic heterocycles. The molecule has 0 spiro atoms. The van der Waals surface area contributed by atoms with Crippen LogP contribution in [0.5, 0.6) is 0 Å². The molecule has 0 aliphatic heterocycles. The largest absolute Gasteiger partial charge is 0.310 e. The van der Waals surface area contributed by atoms with E-state index in [4.69, 9.17) is 0 Å². The third-order valence-electron chi connectivity index (χ3n) is 4.40. The molecule has 19 heavy (non-hydrogen) atoms. The highest BCUT2D eigenvalue weighted by Crippen LogP contribution is 2.27. The van der Waals surface area contributed by atoms with E-state index in [0.717, 1.165) is 18.4 Å². The van der Waals surface area contributed by atoms with Crippen LogP contribution in [0, 0.1) is 11.8 Å². The van der Waals surface area contributed by atoms with Gasteiger partial charge in [0.2, 0.25) is 0 Å². The van der Waals surface area contributed by atoms with Gasteiger partial charge in [-0.2, -0.15) is 0 Å². The molecule has 1 nitrogen and oxygen atoms in total. The van der Waals surface area contributed by atoms with Crippen LogP contribution in [0.2, 0.25) is 0 Å². The Bertz CT molecular complexity index is 360. The standard InChI is InChI=1S/C18H29N/c1-14(2)12-16-8-10-17(11-9-16)13-19-15(3)18-6-4-5-7-18/h8-11,14-15,18-19H,4-7,12-13H2,1-3H3/t15-/m0/s1. The van der Waals surface area contributed by atoms with Gasteiger partial charge in [-0.15, -0.1) is 0 Å². The summed E-state index contributed by atoms with van der Waals surface area (Å²) < 4.78 is 0. The predicted octanol–water partition coefficient (Wildman–Crippen LogP) is 4.55. The molecule has 1 aromatic rings. The van der Waals surface area contributed by atoms with Gasteiger partial charge >= 0.3 is 0 Å². The van der Waals surface area contributed by atoms with Crippen LogP contribution in [0.25, 0.3) is 0 Å². The summed E-state index contributed by atoms with van der Waals surface area (Å²) in [6.07, 6.45) is 6.89. The van der Waals surface area contributed by atoms with E-state index in [1.54, 1.807) is 0 Å². The Morgan fingerprint density at radius 2 is 1.58 bits per heavy atom. The first-order valence-corrected chi connectivity index (χ1v) is 7.96. The zero-order chi connectivity index (χ0) is 13.7. The minimum atomic E-state index is 0.665. The van der Waals surface area contributed by atoms with Crippen molar-refractivity contribution in [3.8, 4) is 0 Å². The average molecular weight is 259 g/mol. The van der Waals surface area contributed by atoms with Crippen LogP contribution in [0.3, 0.4) is 0 Å². The molecule has 0 radical (unpaired) electrons. The molecule has 0 bridgehead atoms. The lowest BCUT2D eigenvalue weighted by Crippen LogP contribution is -2.31. The number of benzene rings is 1. The van der Waals surface area contributed by atoms with Crippen molar-refractivity contribution in [3.05, 3.63) is 35.4 Å². The Hall–Kier alpha value is -0.820. The Kier molecular flexibility index (Phi) is 5.45. The van der Waals surface area contributed by atoms with Gasteiger partial charge in [0, 0.05) is 12.6 Å². The number of nitrogens with one attached hydrogen (secondary N) is 1. The lowest BCUT2D eigenvalue weighted by molar-refractivity contribution is 0.380. The molecule has 1 aromatic carbocycles. The molecule has 1 heteroatoms. The van der Waals surface area contributed by atoms with Gasteiger partial charge in [-0.05, 0) is 49.1 Å². The zero-order valence-electron chi connectivity index (χ0n) is 12.8. The van der Waals surface area contributed by atoms with Crippen molar-refractivity contribution < 1.29 is 0 Å². The van der Waals surface area contributed by atoms with Crippen molar-refractivity contribution in [2.45, 2.75) is 65.5 Å². The molecular weight excluding hydrogens is 230 g/mol. The maximum absolute atomic E-state index is 3.70. The van der Waals surface area contributed by atoms with Crippen molar-refractivity contribution >= 4 is 0 Å². The molecule has 1 N–H and O–H groups in total. The highest BCUT2D eigenvalue weighted by atomic mass is 14.9. The highest BCUT2D eigenvalue weighted by Gasteiger charge is 2.20. The van der Waals surface area contributed by atoms with E-state index < -0.39 is 0 Å². The lowest BCUT2D eigenvalue weighted by Gasteiger charge is -2.20. The van der Waals surface area contributed by atoms with Gasteiger partial charge in [-0.25, -0.2) is 0 Å². The summed E-state index contributed by atoms with van der Waals surface area (Å²) in [5, 5.41) is 3.70. The van der Waals surface area contributed by atoms with Crippen LogP contribution in [0.4, 0.5) is 0 Å². The molecule has 1 saturated carbocycles. The van der Waals surface area contributed by atoms with Crippen molar-refractivity contribution in [1.82, 2.24) is 5.32 Å². The Morgan fingerprint density at radius 1 is 1.00 bits per heavy atom. The monoisotopic (exact) mass is 259 g/mol. The summed E-state index contributed by atoms with van der Waals surface area (Å²) in [6.45, 7) is 7.92. The quantitative estimate of drug-likeness (QED) is 0.790. The van der Waals surface area contributed by atoms with Crippen molar-refractivity contribution in [3.63, 3.8) is 0 Å². The van der Waals surface area contributed by atoms with Crippen LogP contribution in [0.15, 0.2) is 24.3 Å². The molecule has 1 atom stereocenters. The smallest absolute Gasteiger partial charge is 0.0208 e. The Labute approximate surface area is 118 Å². The number of hydrogen-bond acceptors (Lipinski definition) is 1. The minimum absolute atomic E-state index is 0.665. The van der Waals surface area contributed by atoms with Gasteiger partial charge in [0.1, 0.15) is 0 Å². The molecule has 0 saturated heterocycles. The molecule has 1 aliphatic rings. The van der Waals surface area contributed by atoms with Crippen LogP contribution in [-0.4, -0.2) is 6.04 Å². The van der Waals surface area contributed by atoms with Crippen molar-refractivity contribution in [1.29, 1.82) is 0 Å². The third-order valence-corrected chi connectivity index (χ3v) is 4.40. The highest BCUT2D eigenvalue weighted by molar-refractivity contribution is 5.22. The van der Waals surface area contributed by atoms with Gasteiger partial charge in [0.15, 0.2) is 0 Å². The molecular formula is C18H29N. The number of rotatable bonds is 6. The van der Waals surface area contributed by atoms with E-state index in [9.17, 15) is 0 Å².